The highest BCUT2D eigenvalue weighted by molar-refractivity contribution is 6.32. The lowest BCUT2D eigenvalue weighted by Crippen LogP contribution is -2.20. The summed E-state index contributed by atoms with van der Waals surface area (Å²) in [5.74, 6) is -1.07. The molecule has 10 heteroatoms. The molecule has 6 nitrogen and oxygen atoms in total. The van der Waals surface area contributed by atoms with Gasteiger partial charge in [-0.1, -0.05) is 23.7 Å². The highest BCUT2D eigenvalue weighted by atomic mass is 35.5. The van der Waals surface area contributed by atoms with E-state index in [9.17, 15) is 18.0 Å². The first kappa shape index (κ1) is 19.2. The van der Waals surface area contributed by atoms with Crippen molar-refractivity contribution >= 4 is 23.2 Å². The zero-order valence-corrected chi connectivity index (χ0v) is 14.5. The van der Waals surface area contributed by atoms with Crippen LogP contribution in [0.15, 0.2) is 36.5 Å². The Labute approximate surface area is 157 Å². The smallest absolute Gasteiger partial charge is 0.471 e. The predicted octanol–water partition coefficient (Wildman–Crippen LogP) is 4.05. The second-order valence-corrected chi connectivity index (χ2v) is 6.02. The fraction of sp³-hybridized carbons (Fsp3) is 0.294. The number of carbonyl (C=O) groups is 1. The Bertz CT molecular complexity index is 826. The zero-order valence-electron chi connectivity index (χ0n) is 13.8. The number of pyridine rings is 1. The molecule has 1 saturated heterocycles. The van der Waals surface area contributed by atoms with Crippen molar-refractivity contribution in [1.29, 1.82) is 0 Å². The summed E-state index contributed by atoms with van der Waals surface area (Å²) in [6, 6.07) is 6.52. The van der Waals surface area contributed by atoms with E-state index >= 15 is 0 Å². The normalized spacial score (nSPS) is 16.8. The van der Waals surface area contributed by atoms with Crippen LogP contribution in [-0.2, 0) is 4.74 Å². The van der Waals surface area contributed by atoms with Crippen molar-refractivity contribution < 1.29 is 32.2 Å². The number of aromatic nitrogens is 1. The SMILES string of the molecule is O=C(Nc1ccccc1OC(F)(F)F)c1cnc(O[C@@H]2CCOC2)c(Cl)c1. The minimum absolute atomic E-state index is 0.0526. The molecule has 3 rings (SSSR count). The molecule has 1 N–H and O–H groups in total. The maximum Gasteiger partial charge on any atom is 0.573 e. The van der Waals surface area contributed by atoms with E-state index in [0.717, 1.165) is 6.07 Å². The van der Waals surface area contributed by atoms with E-state index in [1.165, 1.54) is 30.5 Å². The number of hydrogen-bond donors (Lipinski definition) is 1. The monoisotopic (exact) mass is 402 g/mol. The minimum atomic E-state index is -4.88. The van der Waals surface area contributed by atoms with Crippen molar-refractivity contribution in [2.45, 2.75) is 18.9 Å². The number of hydrogen-bond acceptors (Lipinski definition) is 5. The summed E-state index contributed by atoms with van der Waals surface area (Å²) in [5, 5.41) is 2.45. The molecule has 1 aliphatic rings. The third-order valence-corrected chi connectivity index (χ3v) is 3.87. The highest BCUT2D eigenvalue weighted by Crippen LogP contribution is 2.31. The van der Waals surface area contributed by atoms with Gasteiger partial charge in [-0.15, -0.1) is 13.2 Å². The molecule has 0 aliphatic carbocycles. The topological polar surface area (TPSA) is 69.7 Å². The van der Waals surface area contributed by atoms with E-state index in [2.05, 4.69) is 15.0 Å². The summed E-state index contributed by atoms with van der Waals surface area (Å²) in [4.78, 5) is 16.3. The van der Waals surface area contributed by atoms with Crippen LogP contribution in [0.3, 0.4) is 0 Å². The molecule has 2 heterocycles. The van der Waals surface area contributed by atoms with Crippen molar-refractivity contribution in [3.05, 3.63) is 47.1 Å². The number of carbonyl (C=O) groups excluding carboxylic acids is 1. The minimum Gasteiger partial charge on any atom is -0.471 e. The van der Waals surface area contributed by atoms with E-state index < -0.39 is 18.0 Å². The van der Waals surface area contributed by atoms with Crippen LogP contribution >= 0.6 is 11.6 Å². The van der Waals surface area contributed by atoms with Gasteiger partial charge in [0, 0.05) is 12.6 Å². The number of anilines is 1. The van der Waals surface area contributed by atoms with Crippen LogP contribution in [0.4, 0.5) is 18.9 Å². The van der Waals surface area contributed by atoms with E-state index in [1.807, 2.05) is 0 Å². The van der Waals surface area contributed by atoms with Gasteiger partial charge in [0.05, 0.1) is 24.5 Å². The Hall–Kier alpha value is -2.52. The molecule has 0 spiro atoms. The number of benzene rings is 1. The second-order valence-electron chi connectivity index (χ2n) is 5.61. The van der Waals surface area contributed by atoms with Crippen LogP contribution in [0.2, 0.25) is 5.02 Å². The third kappa shape index (κ3) is 5.24. The van der Waals surface area contributed by atoms with Crippen molar-refractivity contribution in [3.8, 4) is 11.6 Å². The molecule has 0 saturated carbocycles. The molecular formula is C17H14ClF3N2O4. The van der Waals surface area contributed by atoms with Gasteiger partial charge in [0.15, 0.2) is 5.75 Å². The molecule has 144 valence electrons. The molecule has 1 amide bonds. The Kier molecular flexibility index (Phi) is 5.71. The summed E-state index contributed by atoms with van der Waals surface area (Å²) in [5.41, 5.74) is -0.0868. The lowest BCUT2D eigenvalue weighted by atomic mass is 10.2. The maximum absolute atomic E-state index is 12.5. The van der Waals surface area contributed by atoms with Gasteiger partial charge >= 0.3 is 6.36 Å². The standard InChI is InChI=1S/C17H14ClF3N2O4/c18-12-7-10(8-22-16(12)26-11-5-6-25-9-11)15(24)23-13-3-1-2-4-14(13)27-17(19,20)21/h1-4,7-8,11H,5-6,9H2,(H,23,24)/t11-/m1/s1. The van der Waals surface area contributed by atoms with Crippen LogP contribution in [0.1, 0.15) is 16.8 Å². The number of ether oxygens (including phenoxy) is 3. The number of nitrogens with one attached hydrogen (secondary N) is 1. The highest BCUT2D eigenvalue weighted by Gasteiger charge is 2.32. The maximum atomic E-state index is 12.5. The van der Waals surface area contributed by atoms with E-state index in [-0.39, 0.29) is 28.3 Å². The second kappa shape index (κ2) is 8.01. The third-order valence-electron chi connectivity index (χ3n) is 3.60. The summed E-state index contributed by atoms with van der Waals surface area (Å²) in [7, 11) is 0. The number of alkyl halides is 3. The van der Waals surface area contributed by atoms with E-state index in [1.54, 1.807) is 0 Å². The first-order chi connectivity index (χ1) is 12.8. The Morgan fingerprint density at radius 3 is 2.78 bits per heavy atom. The fourth-order valence-corrected chi connectivity index (χ4v) is 2.59. The average molecular weight is 403 g/mol. The van der Waals surface area contributed by atoms with Gasteiger partial charge in [-0.2, -0.15) is 0 Å². The van der Waals surface area contributed by atoms with Crippen LogP contribution < -0.4 is 14.8 Å². The van der Waals surface area contributed by atoms with Gasteiger partial charge in [0.2, 0.25) is 5.88 Å². The van der Waals surface area contributed by atoms with Gasteiger partial charge in [-0.05, 0) is 18.2 Å². The summed E-state index contributed by atoms with van der Waals surface area (Å²) in [6.45, 7) is 1.01. The Morgan fingerprint density at radius 2 is 2.11 bits per heavy atom. The molecule has 1 aromatic carbocycles. The number of rotatable bonds is 5. The number of amides is 1. The molecule has 2 aromatic rings. The first-order valence-corrected chi connectivity index (χ1v) is 8.26. The number of halogens is 4. The molecule has 1 aliphatic heterocycles. The van der Waals surface area contributed by atoms with Crippen molar-refractivity contribution in [2.75, 3.05) is 18.5 Å². The van der Waals surface area contributed by atoms with Crippen LogP contribution in [-0.4, -0.2) is 36.6 Å². The van der Waals surface area contributed by atoms with Crippen LogP contribution in [0.25, 0.3) is 0 Å². The van der Waals surface area contributed by atoms with Crippen molar-refractivity contribution in [2.24, 2.45) is 0 Å². The fourth-order valence-electron chi connectivity index (χ4n) is 2.38. The quantitative estimate of drug-likeness (QED) is 0.817. The lowest BCUT2D eigenvalue weighted by Gasteiger charge is -2.14. The number of para-hydroxylation sites is 2. The molecular weight excluding hydrogens is 389 g/mol. The summed E-state index contributed by atoms with van der Waals surface area (Å²) >= 11 is 6.09. The Morgan fingerprint density at radius 1 is 1.33 bits per heavy atom. The summed E-state index contributed by atoms with van der Waals surface area (Å²) < 4.78 is 52.1. The zero-order chi connectivity index (χ0) is 19.4. The van der Waals surface area contributed by atoms with E-state index in [4.69, 9.17) is 21.1 Å². The Balaban J connectivity index is 1.72. The lowest BCUT2D eigenvalue weighted by molar-refractivity contribution is -0.274. The largest absolute Gasteiger partial charge is 0.573 e. The van der Waals surface area contributed by atoms with E-state index in [0.29, 0.717) is 19.6 Å². The van der Waals surface area contributed by atoms with Gasteiger partial charge in [0.25, 0.3) is 5.91 Å². The average Bonchev–Trinajstić information content (AvgIpc) is 3.10. The van der Waals surface area contributed by atoms with Gasteiger partial charge in [-0.25, -0.2) is 4.98 Å². The first-order valence-electron chi connectivity index (χ1n) is 7.88. The van der Waals surface area contributed by atoms with Crippen molar-refractivity contribution in [3.63, 3.8) is 0 Å². The number of nitrogens with zero attached hydrogens (tertiary/aromatic N) is 1. The summed E-state index contributed by atoms with van der Waals surface area (Å²) in [6.07, 6.45) is -3.12. The molecule has 1 aromatic heterocycles. The molecule has 0 radical (unpaired) electrons. The predicted molar refractivity (Wildman–Crippen MR) is 90.2 cm³/mol. The van der Waals surface area contributed by atoms with Gasteiger partial charge in [0.1, 0.15) is 11.1 Å². The van der Waals surface area contributed by atoms with Crippen LogP contribution in [0, 0.1) is 0 Å². The molecule has 27 heavy (non-hydrogen) atoms. The molecule has 0 unspecified atom stereocenters. The van der Waals surface area contributed by atoms with Gasteiger partial charge < -0.3 is 19.5 Å². The molecule has 1 atom stereocenters. The van der Waals surface area contributed by atoms with Crippen molar-refractivity contribution in [1.82, 2.24) is 4.98 Å². The van der Waals surface area contributed by atoms with Gasteiger partial charge in [-0.3, -0.25) is 4.79 Å². The molecule has 0 bridgehead atoms. The van der Waals surface area contributed by atoms with Crippen LogP contribution in [0.5, 0.6) is 11.6 Å². The molecule has 1 fully saturated rings.